The van der Waals surface area contributed by atoms with Crippen molar-refractivity contribution in [1.29, 1.82) is 0 Å². The highest BCUT2D eigenvalue weighted by molar-refractivity contribution is 5.92. The number of aromatic nitrogens is 1. The van der Waals surface area contributed by atoms with Crippen molar-refractivity contribution in [2.75, 3.05) is 0 Å². The molecule has 0 atom stereocenters. The van der Waals surface area contributed by atoms with Crippen LogP contribution in [0.1, 0.15) is 21.6 Å². The molecule has 2 rings (SSSR count). The molecule has 0 aliphatic rings. The summed E-state index contributed by atoms with van der Waals surface area (Å²) in [7, 11) is 0. The molecule has 1 heterocycles. The third kappa shape index (κ3) is 2.15. The molecule has 0 fully saturated rings. The molecule has 6 heteroatoms. The maximum atomic E-state index is 13.4. The van der Waals surface area contributed by atoms with E-state index in [0.717, 1.165) is 6.07 Å². The van der Waals surface area contributed by atoms with Gasteiger partial charge in [-0.3, -0.25) is 4.79 Å². The molecule has 2 aromatic rings. The molecule has 1 amide bonds. The highest BCUT2D eigenvalue weighted by Crippen LogP contribution is 2.17. The first-order chi connectivity index (χ1) is 8.09. The van der Waals surface area contributed by atoms with Crippen LogP contribution in [0.3, 0.4) is 0 Å². The third-order valence-corrected chi connectivity index (χ3v) is 2.29. The highest BCUT2D eigenvalue weighted by atomic mass is 19.2. The zero-order valence-corrected chi connectivity index (χ0v) is 8.61. The molecule has 1 aromatic heterocycles. The van der Waals surface area contributed by atoms with Crippen LogP contribution in [0.2, 0.25) is 0 Å². The molecule has 0 aliphatic carbocycles. The van der Waals surface area contributed by atoms with Crippen LogP contribution < -0.4 is 5.73 Å². The molecule has 0 spiro atoms. The van der Waals surface area contributed by atoms with Crippen LogP contribution in [0.5, 0.6) is 0 Å². The molecule has 88 valence electrons. The summed E-state index contributed by atoms with van der Waals surface area (Å²) in [5.41, 5.74) is 5.40. The summed E-state index contributed by atoms with van der Waals surface area (Å²) in [6.07, 6.45) is 1.18. The van der Waals surface area contributed by atoms with Crippen molar-refractivity contribution in [3.8, 4) is 0 Å². The van der Waals surface area contributed by atoms with Gasteiger partial charge in [0, 0.05) is 12.0 Å². The van der Waals surface area contributed by atoms with Crippen LogP contribution in [0, 0.1) is 11.6 Å². The summed E-state index contributed by atoms with van der Waals surface area (Å²) in [4.78, 5) is 11.0. The summed E-state index contributed by atoms with van der Waals surface area (Å²) >= 11 is 0. The van der Waals surface area contributed by atoms with Gasteiger partial charge in [-0.15, -0.1) is 0 Å². The smallest absolute Gasteiger partial charge is 0.271 e. The molecule has 17 heavy (non-hydrogen) atoms. The number of amides is 1. The number of nitrogens with zero attached hydrogens (tertiary/aromatic N) is 1. The van der Waals surface area contributed by atoms with Crippen molar-refractivity contribution in [2.24, 2.45) is 5.73 Å². The Balaban J connectivity index is 2.35. The number of carbonyl (C=O) groups is 1. The van der Waals surface area contributed by atoms with Crippen molar-refractivity contribution >= 4 is 5.91 Å². The van der Waals surface area contributed by atoms with E-state index < -0.39 is 17.5 Å². The van der Waals surface area contributed by atoms with Crippen molar-refractivity contribution in [1.82, 2.24) is 5.16 Å². The van der Waals surface area contributed by atoms with E-state index in [1.165, 1.54) is 18.4 Å². The summed E-state index contributed by atoms with van der Waals surface area (Å²) in [5, 5.41) is 3.40. The predicted molar refractivity (Wildman–Crippen MR) is 54.2 cm³/mol. The molecule has 0 aliphatic heterocycles. The Morgan fingerprint density at radius 3 is 2.82 bits per heavy atom. The van der Waals surface area contributed by atoms with Crippen molar-refractivity contribution < 1.29 is 18.1 Å². The van der Waals surface area contributed by atoms with Gasteiger partial charge in [-0.1, -0.05) is 17.3 Å². The number of rotatable bonds is 3. The number of halogens is 2. The first-order valence-corrected chi connectivity index (χ1v) is 4.75. The first kappa shape index (κ1) is 11.3. The average Bonchev–Trinajstić information content (AvgIpc) is 2.73. The van der Waals surface area contributed by atoms with Gasteiger partial charge in [0.1, 0.15) is 6.26 Å². The first-order valence-electron chi connectivity index (χ1n) is 4.75. The molecule has 1 aromatic carbocycles. The van der Waals surface area contributed by atoms with Gasteiger partial charge in [0.2, 0.25) is 0 Å². The fourth-order valence-electron chi connectivity index (χ4n) is 1.48. The van der Waals surface area contributed by atoms with E-state index >= 15 is 0 Å². The summed E-state index contributed by atoms with van der Waals surface area (Å²) < 4.78 is 30.9. The monoisotopic (exact) mass is 238 g/mol. The number of hydrogen-bond donors (Lipinski definition) is 1. The zero-order valence-electron chi connectivity index (χ0n) is 8.61. The fourth-order valence-corrected chi connectivity index (χ4v) is 1.48. The van der Waals surface area contributed by atoms with E-state index in [4.69, 9.17) is 5.73 Å². The topological polar surface area (TPSA) is 69.1 Å². The van der Waals surface area contributed by atoms with E-state index in [2.05, 4.69) is 9.68 Å². The van der Waals surface area contributed by atoms with Crippen molar-refractivity contribution in [3.63, 3.8) is 0 Å². The minimum atomic E-state index is -0.955. The van der Waals surface area contributed by atoms with Gasteiger partial charge < -0.3 is 10.3 Å². The Morgan fingerprint density at radius 1 is 1.35 bits per heavy atom. The zero-order chi connectivity index (χ0) is 12.4. The van der Waals surface area contributed by atoms with Gasteiger partial charge in [-0.25, -0.2) is 8.78 Å². The Labute approximate surface area is 95.0 Å². The molecule has 0 saturated heterocycles. The maximum absolute atomic E-state index is 13.4. The van der Waals surface area contributed by atoms with Crippen molar-refractivity contribution in [2.45, 2.75) is 6.42 Å². The van der Waals surface area contributed by atoms with E-state index in [-0.39, 0.29) is 17.7 Å². The van der Waals surface area contributed by atoms with Gasteiger partial charge in [-0.2, -0.15) is 0 Å². The second kappa shape index (κ2) is 4.32. The molecule has 0 radical (unpaired) electrons. The molecule has 4 nitrogen and oxygen atoms in total. The van der Waals surface area contributed by atoms with Gasteiger partial charge in [0.05, 0.1) is 0 Å². The van der Waals surface area contributed by atoms with E-state index in [0.29, 0.717) is 5.56 Å². The minimum Gasteiger partial charge on any atom is -0.364 e. The average molecular weight is 238 g/mol. The normalized spacial score (nSPS) is 10.5. The predicted octanol–water partition coefficient (Wildman–Crippen LogP) is 1.64. The van der Waals surface area contributed by atoms with Gasteiger partial charge >= 0.3 is 0 Å². The SMILES string of the molecule is NC(=O)c1nocc1Cc1cccc(F)c1F. The molecular weight excluding hydrogens is 230 g/mol. The number of nitrogens with two attached hydrogens (primary N) is 1. The van der Waals surface area contributed by atoms with Crippen LogP contribution in [0.4, 0.5) is 8.78 Å². The van der Waals surface area contributed by atoms with Crippen LogP contribution in [0.15, 0.2) is 29.0 Å². The lowest BCUT2D eigenvalue weighted by Gasteiger charge is -2.02. The molecular formula is C11H8F2N2O2. The number of hydrogen-bond acceptors (Lipinski definition) is 3. The van der Waals surface area contributed by atoms with Crippen LogP contribution in [-0.4, -0.2) is 11.1 Å². The third-order valence-electron chi connectivity index (χ3n) is 2.29. The summed E-state index contributed by atoms with van der Waals surface area (Å²) in [5.74, 6) is -2.67. The highest BCUT2D eigenvalue weighted by Gasteiger charge is 2.16. The molecule has 0 saturated carbocycles. The number of carbonyl (C=O) groups excluding carboxylic acids is 1. The summed E-state index contributed by atoms with van der Waals surface area (Å²) in [6, 6.07) is 3.81. The Hall–Kier alpha value is -2.24. The Bertz CT molecular complexity index is 566. The lowest BCUT2D eigenvalue weighted by molar-refractivity contribution is 0.0991. The lowest BCUT2D eigenvalue weighted by atomic mass is 10.0. The van der Waals surface area contributed by atoms with Gasteiger partial charge in [0.25, 0.3) is 5.91 Å². The number of primary amides is 1. The standard InChI is InChI=1S/C11H8F2N2O2/c12-8-3-1-2-6(9(8)13)4-7-5-17-15-10(7)11(14)16/h1-3,5H,4H2,(H2,14,16). The fraction of sp³-hybridized carbons (Fsp3) is 0.0909. The molecule has 2 N–H and O–H groups in total. The van der Waals surface area contributed by atoms with Crippen molar-refractivity contribution in [3.05, 3.63) is 52.9 Å². The maximum Gasteiger partial charge on any atom is 0.271 e. The van der Waals surface area contributed by atoms with Crippen LogP contribution in [-0.2, 0) is 6.42 Å². The number of benzene rings is 1. The Morgan fingerprint density at radius 2 is 2.12 bits per heavy atom. The second-order valence-electron chi connectivity index (χ2n) is 3.44. The van der Waals surface area contributed by atoms with Crippen LogP contribution in [0.25, 0.3) is 0 Å². The minimum absolute atomic E-state index is 0.00856. The largest absolute Gasteiger partial charge is 0.364 e. The summed E-state index contributed by atoms with van der Waals surface area (Å²) in [6.45, 7) is 0. The van der Waals surface area contributed by atoms with E-state index in [1.807, 2.05) is 0 Å². The van der Waals surface area contributed by atoms with Gasteiger partial charge in [0.15, 0.2) is 17.3 Å². The van der Waals surface area contributed by atoms with E-state index in [9.17, 15) is 13.6 Å². The van der Waals surface area contributed by atoms with Gasteiger partial charge in [-0.05, 0) is 11.6 Å². The second-order valence-corrected chi connectivity index (χ2v) is 3.44. The quantitative estimate of drug-likeness (QED) is 0.883. The van der Waals surface area contributed by atoms with Crippen LogP contribution >= 0.6 is 0 Å². The molecule has 0 unspecified atom stereocenters. The van der Waals surface area contributed by atoms with E-state index in [1.54, 1.807) is 0 Å². The lowest BCUT2D eigenvalue weighted by Crippen LogP contribution is -2.14. The Kier molecular flexibility index (Phi) is 2.86. The molecule has 0 bridgehead atoms.